The standard InChI is InChI=1S/C5H8S.C4H5NO/c2*1-2-4-6-5-3-1/h2,4H,1,3,5H2;1-5H. The predicted octanol–water partition coefficient (Wildman–Crippen LogP) is 2.58. The van der Waals surface area contributed by atoms with Crippen molar-refractivity contribution < 1.29 is 4.84 Å². The van der Waals surface area contributed by atoms with Gasteiger partial charge in [-0.15, -0.1) is 11.8 Å². The Hall–Kier alpha value is -0.830. The minimum atomic E-state index is 1.30. The first-order valence-corrected chi connectivity index (χ1v) is 5.04. The van der Waals surface area contributed by atoms with E-state index in [2.05, 4.69) is 21.8 Å². The maximum absolute atomic E-state index is 4.55. The van der Waals surface area contributed by atoms with Crippen LogP contribution in [0.3, 0.4) is 0 Å². The summed E-state index contributed by atoms with van der Waals surface area (Å²) in [7, 11) is 0. The van der Waals surface area contributed by atoms with Crippen molar-refractivity contribution >= 4 is 11.8 Å². The van der Waals surface area contributed by atoms with Crippen molar-refractivity contribution in [2.75, 3.05) is 5.75 Å². The van der Waals surface area contributed by atoms with Gasteiger partial charge < -0.3 is 4.84 Å². The lowest BCUT2D eigenvalue weighted by Crippen LogP contribution is -2.01. The average molecular weight is 183 g/mol. The molecule has 0 aliphatic carbocycles. The lowest BCUT2D eigenvalue weighted by atomic mass is 10.3. The number of rotatable bonds is 0. The summed E-state index contributed by atoms with van der Waals surface area (Å²) in [4.78, 5) is 4.55. The van der Waals surface area contributed by atoms with Gasteiger partial charge in [-0.1, -0.05) is 6.08 Å². The van der Waals surface area contributed by atoms with E-state index < -0.39 is 0 Å². The number of nitrogens with one attached hydrogen (secondary N) is 1. The minimum absolute atomic E-state index is 1.30. The largest absolute Gasteiger partial charge is 0.391 e. The molecular formula is C9H13NOS. The highest BCUT2D eigenvalue weighted by Gasteiger charge is 1.87. The summed E-state index contributed by atoms with van der Waals surface area (Å²) >= 11 is 1.91. The van der Waals surface area contributed by atoms with Crippen LogP contribution in [0.15, 0.2) is 36.1 Å². The molecule has 0 bridgehead atoms. The molecule has 66 valence electrons. The van der Waals surface area contributed by atoms with Crippen LogP contribution in [0.25, 0.3) is 0 Å². The molecule has 12 heavy (non-hydrogen) atoms. The third-order valence-corrected chi connectivity index (χ3v) is 2.22. The molecule has 0 radical (unpaired) electrons. The number of thioether (sulfide) groups is 1. The SMILES string of the molecule is C1=CNOC=C1.C1=CSCCC1. The van der Waals surface area contributed by atoms with Crippen molar-refractivity contribution in [1.29, 1.82) is 0 Å². The number of hydroxylamine groups is 1. The molecule has 2 aliphatic heterocycles. The predicted molar refractivity (Wildman–Crippen MR) is 53.3 cm³/mol. The van der Waals surface area contributed by atoms with Crippen molar-refractivity contribution in [3.05, 3.63) is 36.1 Å². The first kappa shape index (κ1) is 9.26. The molecule has 0 atom stereocenters. The third kappa shape index (κ3) is 4.91. The van der Waals surface area contributed by atoms with Crippen LogP contribution >= 0.6 is 11.8 Å². The van der Waals surface area contributed by atoms with Crippen LogP contribution in [0.5, 0.6) is 0 Å². The summed E-state index contributed by atoms with van der Waals surface area (Å²) in [5, 5.41) is 2.18. The molecular weight excluding hydrogens is 170 g/mol. The molecule has 0 aromatic rings. The van der Waals surface area contributed by atoms with Crippen LogP contribution in [-0.2, 0) is 4.84 Å². The minimum Gasteiger partial charge on any atom is -0.391 e. The second kappa shape index (κ2) is 6.85. The average Bonchev–Trinajstić information content (AvgIpc) is 2.24. The van der Waals surface area contributed by atoms with Gasteiger partial charge in [-0.2, -0.15) is 0 Å². The van der Waals surface area contributed by atoms with E-state index in [0.29, 0.717) is 0 Å². The van der Waals surface area contributed by atoms with Gasteiger partial charge in [0.15, 0.2) is 0 Å². The Bertz CT molecular complexity index is 167. The zero-order chi connectivity index (χ0) is 8.49. The molecule has 0 amide bonds. The number of hydrogen-bond acceptors (Lipinski definition) is 3. The van der Waals surface area contributed by atoms with Gasteiger partial charge in [-0.3, -0.25) is 0 Å². The Morgan fingerprint density at radius 3 is 2.50 bits per heavy atom. The molecule has 0 spiro atoms. The molecule has 3 heteroatoms. The Morgan fingerprint density at radius 2 is 2.33 bits per heavy atom. The highest BCUT2D eigenvalue weighted by Crippen LogP contribution is 2.12. The Labute approximate surface area is 77.3 Å². The zero-order valence-corrected chi connectivity index (χ0v) is 7.72. The van der Waals surface area contributed by atoms with Crippen LogP contribution in [-0.4, -0.2) is 5.75 Å². The van der Waals surface area contributed by atoms with Gasteiger partial charge >= 0.3 is 0 Å². The lowest BCUT2D eigenvalue weighted by Gasteiger charge is -1.97. The summed E-state index contributed by atoms with van der Waals surface area (Å²) in [5.41, 5.74) is 2.52. The van der Waals surface area contributed by atoms with Gasteiger partial charge in [0.2, 0.25) is 0 Å². The van der Waals surface area contributed by atoms with E-state index >= 15 is 0 Å². The number of allylic oxidation sites excluding steroid dienone is 3. The second-order valence-corrected chi connectivity index (χ2v) is 3.32. The fraction of sp³-hybridized carbons (Fsp3) is 0.333. The van der Waals surface area contributed by atoms with Gasteiger partial charge in [-0.05, 0) is 36.2 Å². The Kier molecular flexibility index (Phi) is 5.29. The summed E-state index contributed by atoms with van der Waals surface area (Å²) < 4.78 is 0. The van der Waals surface area contributed by atoms with Crippen molar-refractivity contribution in [2.24, 2.45) is 0 Å². The van der Waals surface area contributed by atoms with Gasteiger partial charge in [0, 0.05) is 6.20 Å². The summed E-state index contributed by atoms with van der Waals surface area (Å²) in [6.45, 7) is 0. The van der Waals surface area contributed by atoms with Crippen LogP contribution in [0.2, 0.25) is 0 Å². The molecule has 2 rings (SSSR count). The Balaban J connectivity index is 0.000000120. The normalized spacial score (nSPS) is 18.7. The van der Waals surface area contributed by atoms with E-state index in [1.165, 1.54) is 18.6 Å². The maximum Gasteiger partial charge on any atom is 0.119 e. The van der Waals surface area contributed by atoms with E-state index in [-0.39, 0.29) is 0 Å². The van der Waals surface area contributed by atoms with E-state index in [9.17, 15) is 0 Å². The zero-order valence-electron chi connectivity index (χ0n) is 6.90. The monoisotopic (exact) mass is 183 g/mol. The molecule has 2 heterocycles. The third-order valence-electron chi connectivity index (χ3n) is 1.32. The highest BCUT2D eigenvalue weighted by atomic mass is 32.2. The first-order chi connectivity index (χ1) is 6.00. The van der Waals surface area contributed by atoms with Crippen LogP contribution in [0, 0.1) is 0 Å². The fourth-order valence-corrected chi connectivity index (χ4v) is 1.49. The molecule has 0 saturated heterocycles. The molecule has 0 aromatic heterocycles. The van der Waals surface area contributed by atoms with E-state index in [4.69, 9.17) is 0 Å². The Morgan fingerprint density at radius 1 is 1.33 bits per heavy atom. The maximum atomic E-state index is 4.55. The van der Waals surface area contributed by atoms with Gasteiger partial charge in [0.25, 0.3) is 0 Å². The summed E-state index contributed by atoms with van der Waals surface area (Å²) in [5.74, 6) is 1.33. The molecule has 1 N–H and O–H groups in total. The molecule has 2 nitrogen and oxygen atoms in total. The summed E-state index contributed by atoms with van der Waals surface area (Å²) in [6, 6.07) is 0. The molecule has 0 aromatic carbocycles. The van der Waals surface area contributed by atoms with Crippen molar-refractivity contribution in [3.8, 4) is 0 Å². The topological polar surface area (TPSA) is 21.3 Å². The van der Waals surface area contributed by atoms with E-state index in [1.54, 1.807) is 18.5 Å². The van der Waals surface area contributed by atoms with E-state index in [1.807, 2.05) is 17.8 Å². The molecule has 0 fully saturated rings. The fourth-order valence-electron chi connectivity index (χ4n) is 0.747. The quantitative estimate of drug-likeness (QED) is 0.623. The van der Waals surface area contributed by atoms with Crippen molar-refractivity contribution in [1.82, 2.24) is 5.48 Å². The van der Waals surface area contributed by atoms with Gasteiger partial charge in [-0.25, -0.2) is 5.48 Å². The molecule has 2 aliphatic rings. The van der Waals surface area contributed by atoms with Gasteiger partial charge in [0.05, 0.1) is 0 Å². The molecule has 0 unspecified atom stereocenters. The van der Waals surface area contributed by atoms with Crippen LogP contribution < -0.4 is 5.48 Å². The summed E-state index contributed by atoms with van der Waals surface area (Å²) in [6.07, 6.45) is 11.8. The van der Waals surface area contributed by atoms with Gasteiger partial charge in [0.1, 0.15) is 6.26 Å². The van der Waals surface area contributed by atoms with E-state index in [0.717, 1.165) is 0 Å². The first-order valence-electron chi connectivity index (χ1n) is 3.99. The van der Waals surface area contributed by atoms with Crippen molar-refractivity contribution in [2.45, 2.75) is 12.8 Å². The van der Waals surface area contributed by atoms with Crippen molar-refractivity contribution in [3.63, 3.8) is 0 Å². The highest BCUT2D eigenvalue weighted by molar-refractivity contribution is 8.02. The smallest absolute Gasteiger partial charge is 0.119 e. The van der Waals surface area contributed by atoms with Crippen LogP contribution in [0.1, 0.15) is 12.8 Å². The lowest BCUT2D eigenvalue weighted by molar-refractivity contribution is 0.172. The number of hydrogen-bond donors (Lipinski definition) is 1. The second-order valence-electron chi connectivity index (χ2n) is 2.31. The van der Waals surface area contributed by atoms with Crippen LogP contribution in [0.4, 0.5) is 0 Å². The molecule has 0 saturated carbocycles.